The van der Waals surface area contributed by atoms with Gasteiger partial charge in [0.15, 0.2) is 0 Å². The second-order valence-electron chi connectivity index (χ2n) is 5.39. The standard InChI is InChI=1S/C16H19NOS2/c1-12-16(18,8-5-9-19-12)10-15-17-14(11-20-15)13-6-3-2-4-7-13/h2-4,6-7,11-12,18H,5,8-10H2,1H3. The Morgan fingerprint density at radius 2 is 2.15 bits per heavy atom. The predicted octanol–water partition coefficient (Wildman–Crippen LogP) is 4.00. The van der Waals surface area contributed by atoms with E-state index >= 15 is 0 Å². The predicted molar refractivity (Wildman–Crippen MR) is 87.4 cm³/mol. The number of nitrogens with zero attached hydrogens (tertiary/aromatic N) is 1. The second-order valence-corrected chi connectivity index (χ2v) is 7.78. The van der Waals surface area contributed by atoms with Gasteiger partial charge in [0, 0.05) is 22.6 Å². The molecule has 2 heterocycles. The van der Waals surface area contributed by atoms with Crippen LogP contribution in [0, 0.1) is 0 Å². The third-order valence-electron chi connectivity index (χ3n) is 3.96. The molecule has 0 radical (unpaired) electrons. The number of hydrogen-bond acceptors (Lipinski definition) is 4. The van der Waals surface area contributed by atoms with Gasteiger partial charge in [0.2, 0.25) is 0 Å². The molecule has 1 aliphatic heterocycles. The fourth-order valence-electron chi connectivity index (χ4n) is 2.62. The van der Waals surface area contributed by atoms with Crippen LogP contribution in [0.3, 0.4) is 0 Å². The Morgan fingerprint density at radius 3 is 2.90 bits per heavy atom. The van der Waals surface area contributed by atoms with Gasteiger partial charge in [0.05, 0.1) is 16.3 Å². The zero-order valence-electron chi connectivity index (χ0n) is 11.6. The van der Waals surface area contributed by atoms with Gasteiger partial charge >= 0.3 is 0 Å². The van der Waals surface area contributed by atoms with E-state index in [1.807, 2.05) is 30.0 Å². The minimum absolute atomic E-state index is 0.292. The number of rotatable bonds is 3. The maximum atomic E-state index is 10.8. The smallest absolute Gasteiger partial charge is 0.0961 e. The number of thiazole rings is 1. The van der Waals surface area contributed by atoms with E-state index in [1.165, 1.54) is 0 Å². The van der Waals surface area contributed by atoms with Gasteiger partial charge < -0.3 is 5.11 Å². The van der Waals surface area contributed by atoms with Crippen LogP contribution in [-0.2, 0) is 6.42 Å². The average Bonchev–Trinajstić information content (AvgIpc) is 2.92. The zero-order valence-corrected chi connectivity index (χ0v) is 13.2. The number of aliphatic hydroxyl groups is 1. The van der Waals surface area contributed by atoms with Crippen LogP contribution in [0.5, 0.6) is 0 Å². The van der Waals surface area contributed by atoms with Crippen molar-refractivity contribution in [3.05, 3.63) is 40.7 Å². The molecule has 1 aromatic heterocycles. The maximum Gasteiger partial charge on any atom is 0.0961 e. The Balaban J connectivity index is 1.77. The van der Waals surface area contributed by atoms with E-state index < -0.39 is 5.60 Å². The summed E-state index contributed by atoms with van der Waals surface area (Å²) < 4.78 is 0. The molecule has 4 heteroatoms. The molecule has 1 fully saturated rings. The van der Waals surface area contributed by atoms with Crippen LogP contribution < -0.4 is 0 Å². The highest BCUT2D eigenvalue weighted by Crippen LogP contribution is 2.37. The first-order valence-electron chi connectivity index (χ1n) is 7.01. The van der Waals surface area contributed by atoms with Gasteiger partial charge in [-0.05, 0) is 18.6 Å². The third kappa shape index (κ3) is 2.92. The van der Waals surface area contributed by atoms with Gasteiger partial charge in [-0.25, -0.2) is 4.98 Å². The molecule has 3 rings (SSSR count). The SMILES string of the molecule is CC1SCCCC1(O)Cc1nc(-c2ccccc2)cs1. The Bertz CT molecular complexity index is 569. The van der Waals surface area contributed by atoms with Crippen molar-refractivity contribution in [2.45, 2.75) is 37.0 Å². The second kappa shape index (κ2) is 5.88. The Morgan fingerprint density at radius 1 is 1.35 bits per heavy atom. The van der Waals surface area contributed by atoms with Gasteiger partial charge in [-0.15, -0.1) is 11.3 Å². The molecule has 20 heavy (non-hydrogen) atoms. The summed E-state index contributed by atoms with van der Waals surface area (Å²) in [7, 11) is 0. The minimum atomic E-state index is -0.589. The van der Waals surface area contributed by atoms with Gasteiger partial charge in [-0.1, -0.05) is 37.3 Å². The molecule has 2 nitrogen and oxygen atoms in total. The van der Waals surface area contributed by atoms with Crippen molar-refractivity contribution in [3.8, 4) is 11.3 Å². The van der Waals surface area contributed by atoms with E-state index in [-0.39, 0.29) is 0 Å². The lowest BCUT2D eigenvalue weighted by Gasteiger charge is -2.37. The summed E-state index contributed by atoms with van der Waals surface area (Å²) in [5, 5.41) is 14.2. The van der Waals surface area contributed by atoms with Crippen molar-refractivity contribution in [2.24, 2.45) is 0 Å². The Hall–Kier alpha value is -0.840. The van der Waals surface area contributed by atoms with Crippen molar-refractivity contribution in [1.29, 1.82) is 0 Å². The van der Waals surface area contributed by atoms with Gasteiger partial charge in [0.1, 0.15) is 0 Å². The lowest BCUT2D eigenvalue weighted by atomic mass is 9.90. The average molecular weight is 305 g/mol. The van der Waals surface area contributed by atoms with E-state index in [0.717, 1.165) is 34.9 Å². The number of thioether (sulfide) groups is 1. The number of benzene rings is 1. The van der Waals surface area contributed by atoms with E-state index in [2.05, 4.69) is 24.4 Å². The quantitative estimate of drug-likeness (QED) is 0.930. The molecule has 2 aromatic rings. The zero-order chi connectivity index (χ0) is 14.0. The maximum absolute atomic E-state index is 10.8. The molecule has 0 amide bonds. The van der Waals surface area contributed by atoms with E-state index in [4.69, 9.17) is 4.98 Å². The molecule has 0 aliphatic carbocycles. The Kier molecular flexibility index (Phi) is 4.15. The van der Waals surface area contributed by atoms with Gasteiger partial charge in [0.25, 0.3) is 0 Å². The van der Waals surface area contributed by atoms with Crippen molar-refractivity contribution < 1.29 is 5.11 Å². The first-order valence-corrected chi connectivity index (χ1v) is 8.94. The van der Waals surface area contributed by atoms with Crippen LogP contribution in [0.15, 0.2) is 35.7 Å². The summed E-state index contributed by atoms with van der Waals surface area (Å²) in [5.41, 5.74) is 1.58. The number of hydrogen-bond donors (Lipinski definition) is 1. The largest absolute Gasteiger partial charge is 0.388 e. The summed E-state index contributed by atoms with van der Waals surface area (Å²) in [6, 6.07) is 10.2. The molecule has 0 bridgehead atoms. The summed E-state index contributed by atoms with van der Waals surface area (Å²) in [4.78, 5) is 4.70. The van der Waals surface area contributed by atoms with E-state index in [0.29, 0.717) is 11.7 Å². The summed E-state index contributed by atoms with van der Waals surface area (Å²) in [5.74, 6) is 1.16. The van der Waals surface area contributed by atoms with Gasteiger partial charge in [-0.3, -0.25) is 0 Å². The van der Waals surface area contributed by atoms with Crippen LogP contribution in [0.4, 0.5) is 0 Å². The van der Waals surface area contributed by atoms with Crippen LogP contribution in [0.1, 0.15) is 24.8 Å². The molecule has 2 atom stereocenters. The molecule has 106 valence electrons. The topological polar surface area (TPSA) is 33.1 Å². The molecule has 1 aromatic carbocycles. The first-order chi connectivity index (χ1) is 9.67. The summed E-state index contributed by atoms with van der Waals surface area (Å²) in [6.07, 6.45) is 2.67. The van der Waals surface area contributed by atoms with E-state index in [1.54, 1.807) is 11.3 Å². The van der Waals surface area contributed by atoms with Crippen LogP contribution in [-0.4, -0.2) is 26.7 Å². The first kappa shape index (κ1) is 14.1. The van der Waals surface area contributed by atoms with Crippen molar-refractivity contribution in [2.75, 3.05) is 5.75 Å². The van der Waals surface area contributed by atoms with Crippen molar-refractivity contribution in [1.82, 2.24) is 4.98 Å². The highest BCUT2D eigenvalue weighted by atomic mass is 32.2. The molecule has 1 aliphatic rings. The van der Waals surface area contributed by atoms with Crippen LogP contribution in [0.2, 0.25) is 0 Å². The van der Waals surface area contributed by atoms with Crippen molar-refractivity contribution in [3.63, 3.8) is 0 Å². The highest BCUT2D eigenvalue weighted by Gasteiger charge is 2.37. The molecule has 0 spiro atoms. The highest BCUT2D eigenvalue weighted by molar-refractivity contribution is 8.00. The number of aromatic nitrogens is 1. The third-order valence-corrected chi connectivity index (χ3v) is 6.27. The summed E-state index contributed by atoms with van der Waals surface area (Å²) in [6.45, 7) is 2.13. The lowest BCUT2D eigenvalue weighted by molar-refractivity contribution is 0.0297. The molecule has 0 saturated carbocycles. The molecular weight excluding hydrogens is 286 g/mol. The van der Waals surface area contributed by atoms with Gasteiger partial charge in [-0.2, -0.15) is 11.8 Å². The monoisotopic (exact) mass is 305 g/mol. The minimum Gasteiger partial charge on any atom is -0.388 e. The summed E-state index contributed by atoms with van der Waals surface area (Å²) >= 11 is 3.53. The fraction of sp³-hybridized carbons (Fsp3) is 0.438. The van der Waals surface area contributed by atoms with Crippen LogP contribution in [0.25, 0.3) is 11.3 Å². The molecule has 1 saturated heterocycles. The Labute approximate surface area is 128 Å². The van der Waals surface area contributed by atoms with Crippen LogP contribution >= 0.6 is 23.1 Å². The molecule has 2 unspecified atom stereocenters. The molecule has 1 N–H and O–H groups in total. The molecular formula is C16H19NOS2. The normalized spacial score (nSPS) is 26.6. The van der Waals surface area contributed by atoms with E-state index in [9.17, 15) is 5.11 Å². The fourth-order valence-corrected chi connectivity index (χ4v) is 4.72. The van der Waals surface area contributed by atoms with Crippen molar-refractivity contribution >= 4 is 23.1 Å². The lowest BCUT2D eigenvalue weighted by Crippen LogP contribution is -2.43.